The highest BCUT2D eigenvalue weighted by molar-refractivity contribution is 6.34. The minimum absolute atomic E-state index is 0.129. The SMILES string of the molecule is Cc1cc(Oc2cc(NC(=O)c3c(Cl)cnn3C)cc([N+](=O)[O-])c2)ccc1Cl. The Morgan fingerprint density at radius 3 is 2.54 bits per heavy atom. The van der Waals surface area contributed by atoms with E-state index in [9.17, 15) is 14.9 Å². The van der Waals surface area contributed by atoms with Gasteiger partial charge < -0.3 is 10.1 Å². The van der Waals surface area contributed by atoms with E-state index in [0.29, 0.717) is 10.8 Å². The molecule has 1 N–H and O–H groups in total. The smallest absolute Gasteiger partial charge is 0.275 e. The van der Waals surface area contributed by atoms with E-state index in [-0.39, 0.29) is 27.8 Å². The van der Waals surface area contributed by atoms with Crippen molar-refractivity contribution in [2.24, 2.45) is 7.05 Å². The number of carbonyl (C=O) groups excluding carboxylic acids is 1. The summed E-state index contributed by atoms with van der Waals surface area (Å²) in [5, 5.41) is 18.5. The van der Waals surface area contributed by atoms with Crippen molar-refractivity contribution in [2.45, 2.75) is 6.92 Å². The number of aryl methyl sites for hydroxylation is 2. The van der Waals surface area contributed by atoms with Crippen molar-refractivity contribution in [3.63, 3.8) is 0 Å². The van der Waals surface area contributed by atoms with Crippen LogP contribution in [0.25, 0.3) is 0 Å². The molecular weight excluding hydrogens is 407 g/mol. The molecule has 0 aliphatic carbocycles. The molecular formula is C18H14Cl2N4O4. The van der Waals surface area contributed by atoms with Gasteiger partial charge >= 0.3 is 0 Å². The lowest BCUT2D eigenvalue weighted by atomic mass is 10.2. The number of hydrogen-bond donors (Lipinski definition) is 1. The van der Waals surface area contributed by atoms with Crippen LogP contribution in [-0.4, -0.2) is 20.6 Å². The first-order valence-corrected chi connectivity index (χ1v) is 8.72. The number of halogens is 2. The Balaban J connectivity index is 1.92. The number of nitrogens with zero attached hydrogens (tertiary/aromatic N) is 3. The van der Waals surface area contributed by atoms with Gasteiger partial charge in [0, 0.05) is 24.2 Å². The first kappa shape index (κ1) is 19.7. The van der Waals surface area contributed by atoms with Crippen molar-refractivity contribution >= 4 is 40.5 Å². The highest BCUT2D eigenvalue weighted by Crippen LogP contribution is 2.31. The van der Waals surface area contributed by atoms with E-state index >= 15 is 0 Å². The van der Waals surface area contributed by atoms with Gasteiger partial charge in [-0.15, -0.1) is 0 Å². The summed E-state index contributed by atoms with van der Waals surface area (Å²) >= 11 is 12.0. The van der Waals surface area contributed by atoms with Crippen molar-refractivity contribution in [1.82, 2.24) is 9.78 Å². The van der Waals surface area contributed by atoms with Crippen molar-refractivity contribution in [2.75, 3.05) is 5.32 Å². The molecule has 2 aromatic carbocycles. The molecule has 1 amide bonds. The fraction of sp³-hybridized carbons (Fsp3) is 0.111. The number of aromatic nitrogens is 2. The number of benzene rings is 2. The molecule has 3 rings (SSSR count). The van der Waals surface area contributed by atoms with Crippen molar-refractivity contribution in [3.05, 3.63) is 74.0 Å². The third-order valence-electron chi connectivity index (χ3n) is 3.83. The van der Waals surface area contributed by atoms with Gasteiger partial charge in [-0.1, -0.05) is 23.2 Å². The quantitative estimate of drug-likeness (QED) is 0.462. The Morgan fingerprint density at radius 1 is 1.18 bits per heavy atom. The van der Waals surface area contributed by atoms with Crippen LogP contribution in [0, 0.1) is 17.0 Å². The van der Waals surface area contributed by atoms with E-state index < -0.39 is 10.8 Å². The number of ether oxygens (including phenoxy) is 1. The second-order valence-corrected chi connectivity index (χ2v) is 6.72. The summed E-state index contributed by atoms with van der Waals surface area (Å²) < 4.78 is 7.02. The average molecular weight is 421 g/mol. The lowest BCUT2D eigenvalue weighted by Gasteiger charge is -2.10. The van der Waals surface area contributed by atoms with Crippen LogP contribution in [0.4, 0.5) is 11.4 Å². The molecule has 144 valence electrons. The number of nitro benzene ring substituents is 1. The summed E-state index contributed by atoms with van der Waals surface area (Å²) in [5.41, 5.74) is 0.861. The second kappa shape index (κ2) is 7.87. The zero-order chi connectivity index (χ0) is 20.4. The molecule has 1 heterocycles. The van der Waals surface area contributed by atoms with Crippen LogP contribution in [0.5, 0.6) is 11.5 Å². The Morgan fingerprint density at radius 2 is 1.93 bits per heavy atom. The minimum Gasteiger partial charge on any atom is -0.457 e. The van der Waals surface area contributed by atoms with Gasteiger partial charge in [0.2, 0.25) is 0 Å². The van der Waals surface area contributed by atoms with E-state index in [1.54, 1.807) is 25.2 Å². The first-order chi connectivity index (χ1) is 13.2. The van der Waals surface area contributed by atoms with Crippen LogP contribution in [0.2, 0.25) is 10.0 Å². The normalized spacial score (nSPS) is 10.6. The lowest BCUT2D eigenvalue weighted by Crippen LogP contribution is -2.16. The Kier molecular flexibility index (Phi) is 5.53. The molecule has 0 fully saturated rings. The van der Waals surface area contributed by atoms with Gasteiger partial charge in [0.05, 0.1) is 27.9 Å². The predicted molar refractivity (Wildman–Crippen MR) is 106 cm³/mol. The Bertz CT molecular complexity index is 1060. The van der Waals surface area contributed by atoms with Gasteiger partial charge in [0.15, 0.2) is 0 Å². The highest BCUT2D eigenvalue weighted by atomic mass is 35.5. The van der Waals surface area contributed by atoms with E-state index in [4.69, 9.17) is 27.9 Å². The molecule has 0 aliphatic heterocycles. The standard InChI is InChI=1S/C18H14Cl2N4O4/c1-10-5-13(3-4-15(10)19)28-14-7-11(6-12(8-14)24(26)27)22-18(25)17-16(20)9-21-23(17)2/h3-9H,1-2H3,(H,22,25). The van der Waals surface area contributed by atoms with E-state index in [2.05, 4.69) is 10.4 Å². The third kappa shape index (κ3) is 4.24. The summed E-state index contributed by atoms with van der Waals surface area (Å²) in [6, 6.07) is 8.96. The van der Waals surface area contributed by atoms with Crippen molar-refractivity contribution in [1.29, 1.82) is 0 Å². The molecule has 0 saturated carbocycles. The monoisotopic (exact) mass is 420 g/mol. The van der Waals surface area contributed by atoms with Gasteiger partial charge in [-0.25, -0.2) is 0 Å². The molecule has 0 atom stereocenters. The summed E-state index contributed by atoms with van der Waals surface area (Å²) in [5.74, 6) is 0.0791. The predicted octanol–water partition coefficient (Wildman–Crippen LogP) is 4.99. The van der Waals surface area contributed by atoms with Gasteiger partial charge in [0.25, 0.3) is 11.6 Å². The van der Waals surface area contributed by atoms with Crippen molar-refractivity contribution in [3.8, 4) is 11.5 Å². The number of anilines is 1. The first-order valence-electron chi connectivity index (χ1n) is 7.97. The maximum atomic E-state index is 12.5. The summed E-state index contributed by atoms with van der Waals surface area (Å²) in [6.45, 7) is 1.81. The maximum Gasteiger partial charge on any atom is 0.275 e. The molecule has 0 saturated heterocycles. The van der Waals surface area contributed by atoms with Gasteiger partial charge in [-0.2, -0.15) is 5.10 Å². The molecule has 0 bridgehead atoms. The van der Waals surface area contributed by atoms with Crippen LogP contribution in [0.3, 0.4) is 0 Å². The van der Waals surface area contributed by atoms with Gasteiger partial charge in [0.1, 0.15) is 17.2 Å². The molecule has 0 spiro atoms. The van der Waals surface area contributed by atoms with Crippen molar-refractivity contribution < 1.29 is 14.5 Å². The zero-order valence-corrected chi connectivity index (χ0v) is 16.3. The molecule has 0 aliphatic rings. The number of rotatable bonds is 5. The summed E-state index contributed by atoms with van der Waals surface area (Å²) in [6.07, 6.45) is 1.33. The Hall–Kier alpha value is -3.10. The minimum atomic E-state index is -0.577. The van der Waals surface area contributed by atoms with Gasteiger partial charge in [-0.05, 0) is 30.7 Å². The van der Waals surface area contributed by atoms with E-state index in [0.717, 1.165) is 5.56 Å². The van der Waals surface area contributed by atoms with E-state index in [1.165, 1.54) is 29.1 Å². The number of hydrogen-bond acceptors (Lipinski definition) is 5. The number of non-ortho nitro benzene ring substituents is 1. The molecule has 28 heavy (non-hydrogen) atoms. The number of nitro groups is 1. The molecule has 1 aromatic heterocycles. The van der Waals surface area contributed by atoms with Crippen LogP contribution in [0.15, 0.2) is 42.6 Å². The highest BCUT2D eigenvalue weighted by Gasteiger charge is 2.18. The van der Waals surface area contributed by atoms with E-state index in [1.807, 2.05) is 6.92 Å². The topological polar surface area (TPSA) is 99.3 Å². The number of nitrogens with one attached hydrogen (secondary N) is 1. The summed E-state index contributed by atoms with van der Waals surface area (Å²) in [7, 11) is 1.56. The average Bonchev–Trinajstić information content (AvgIpc) is 2.96. The molecule has 3 aromatic rings. The fourth-order valence-corrected chi connectivity index (χ4v) is 2.86. The molecule has 0 unspecified atom stereocenters. The summed E-state index contributed by atoms with van der Waals surface area (Å²) in [4.78, 5) is 23.2. The molecule has 0 radical (unpaired) electrons. The Labute approximate surface area is 169 Å². The third-order valence-corrected chi connectivity index (χ3v) is 4.53. The van der Waals surface area contributed by atoms with Gasteiger partial charge in [-0.3, -0.25) is 19.6 Å². The largest absolute Gasteiger partial charge is 0.457 e. The zero-order valence-electron chi connectivity index (χ0n) is 14.8. The molecule has 10 heteroatoms. The van der Waals surface area contributed by atoms with Crippen LogP contribution < -0.4 is 10.1 Å². The fourth-order valence-electron chi connectivity index (χ4n) is 2.49. The van der Waals surface area contributed by atoms with Crippen LogP contribution in [0.1, 0.15) is 16.1 Å². The van der Waals surface area contributed by atoms with Crippen LogP contribution in [-0.2, 0) is 7.05 Å². The number of carbonyl (C=O) groups is 1. The van der Waals surface area contributed by atoms with Crippen LogP contribution >= 0.6 is 23.2 Å². The second-order valence-electron chi connectivity index (χ2n) is 5.90. The maximum absolute atomic E-state index is 12.5. The molecule has 8 nitrogen and oxygen atoms in total. The number of amides is 1. The lowest BCUT2D eigenvalue weighted by molar-refractivity contribution is -0.384.